The molecule has 1 N–H and O–H groups in total. The van der Waals surface area contributed by atoms with Crippen molar-refractivity contribution >= 4 is 40.2 Å². The molecule has 4 aromatic rings. The lowest BCUT2D eigenvalue weighted by atomic mass is 10.1. The molecule has 0 atom stereocenters. The highest BCUT2D eigenvalue weighted by Gasteiger charge is 2.29. The highest BCUT2D eigenvalue weighted by molar-refractivity contribution is 7.99. The lowest BCUT2D eigenvalue weighted by Crippen LogP contribution is -2.01. The van der Waals surface area contributed by atoms with Gasteiger partial charge in [-0.25, -0.2) is 9.78 Å². The van der Waals surface area contributed by atoms with E-state index >= 15 is 0 Å². The summed E-state index contributed by atoms with van der Waals surface area (Å²) in [5.74, 6) is -0.940. The quantitative estimate of drug-likeness (QED) is 0.432. The SMILES string of the molecule is O=C(O)c1ccc2nc(-c3c(Sc4ccc(Cl)cc4)cnn3C3CC3)ccc2c1. The summed E-state index contributed by atoms with van der Waals surface area (Å²) in [5.41, 5.74) is 2.85. The van der Waals surface area contributed by atoms with Gasteiger partial charge in [0.2, 0.25) is 0 Å². The van der Waals surface area contributed by atoms with Crippen LogP contribution in [-0.2, 0) is 0 Å². The second-order valence-corrected chi connectivity index (χ2v) is 8.55. The van der Waals surface area contributed by atoms with E-state index in [1.54, 1.807) is 30.0 Å². The second-order valence-electron chi connectivity index (χ2n) is 7.00. The number of carboxylic acids is 1. The first kappa shape index (κ1) is 18.2. The fourth-order valence-electron chi connectivity index (χ4n) is 3.28. The topological polar surface area (TPSA) is 68.0 Å². The Hall–Kier alpha value is -2.83. The Balaban J connectivity index is 1.58. The van der Waals surface area contributed by atoms with Crippen molar-refractivity contribution in [3.63, 3.8) is 0 Å². The third kappa shape index (κ3) is 3.61. The van der Waals surface area contributed by atoms with Gasteiger partial charge in [0, 0.05) is 15.3 Å². The van der Waals surface area contributed by atoms with Crippen LogP contribution in [0.3, 0.4) is 0 Å². The van der Waals surface area contributed by atoms with Gasteiger partial charge in [-0.2, -0.15) is 5.10 Å². The van der Waals surface area contributed by atoms with E-state index < -0.39 is 5.97 Å². The van der Waals surface area contributed by atoms with E-state index in [1.807, 2.05) is 42.6 Å². The molecule has 0 aliphatic heterocycles. The summed E-state index contributed by atoms with van der Waals surface area (Å²) in [5, 5.41) is 15.4. The molecule has 29 heavy (non-hydrogen) atoms. The Kier molecular flexibility index (Phi) is 4.53. The van der Waals surface area contributed by atoms with Crippen LogP contribution in [0.4, 0.5) is 0 Å². The Morgan fingerprint density at radius 3 is 2.62 bits per heavy atom. The van der Waals surface area contributed by atoms with Gasteiger partial charge in [0.15, 0.2) is 0 Å². The number of benzene rings is 2. The highest BCUT2D eigenvalue weighted by Crippen LogP contribution is 2.43. The van der Waals surface area contributed by atoms with Gasteiger partial charge in [0.05, 0.1) is 33.9 Å². The van der Waals surface area contributed by atoms with Crippen LogP contribution in [0.15, 0.2) is 70.6 Å². The number of rotatable bonds is 5. The number of carbonyl (C=O) groups is 1. The van der Waals surface area contributed by atoms with Crippen LogP contribution in [0.25, 0.3) is 22.3 Å². The number of hydrogen-bond donors (Lipinski definition) is 1. The van der Waals surface area contributed by atoms with Gasteiger partial charge in [-0.3, -0.25) is 4.68 Å². The first-order valence-corrected chi connectivity index (χ1v) is 10.4. The zero-order valence-electron chi connectivity index (χ0n) is 15.2. The Labute approximate surface area is 176 Å². The number of nitrogens with zero attached hydrogens (tertiary/aromatic N) is 3. The molecule has 1 aliphatic rings. The van der Waals surface area contributed by atoms with Crippen molar-refractivity contribution in [2.45, 2.75) is 28.7 Å². The largest absolute Gasteiger partial charge is 0.478 e. The molecule has 5 rings (SSSR count). The zero-order valence-corrected chi connectivity index (χ0v) is 16.8. The summed E-state index contributed by atoms with van der Waals surface area (Å²) >= 11 is 7.65. The maximum absolute atomic E-state index is 11.2. The summed E-state index contributed by atoms with van der Waals surface area (Å²) in [6, 6.07) is 17.0. The van der Waals surface area contributed by atoms with Crippen molar-refractivity contribution in [1.82, 2.24) is 14.8 Å². The maximum Gasteiger partial charge on any atom is 0.335 e. The van der Waals surface area contributed by atoms with Crippen molar-refractivity contribution in [3.8, 4) is 11.4 Å². The fraction of sp³-hybridized carbons (Fsp3) is 0.136. The second kappa shape index (κ2) is 7.21. The summed E-state index contributed by atoms with van der Waals surface area (Å²) < 4.78 is 2.07. The zero-order chi connectivity index (χ0) is 20.0. The van der Waals surface area contributed by atoms with Gasteiger partial charge in [0.1, 0.15) is 5.69 Å². The normalized spacial score (nSPS) is 13.7. The van der Waals surface area contributed by atoms with Crippen molar-refractivity contribution in [1.29, 1.82) is 0 Å². The Morgan fingerprint density at radius 2 is 1.90 bits per heavy atom. The van der Waals surface area contributed by atoms with Gasteiger partial charge >= 0.3 is 5.97 Å². The lowest BCUT2D eigenvalue weighted by Gasteiger charge is -2.10. The minimum Gasteiger partial charge on any atom is -0.478 e. The minimum atomic E-state index is -0.940. The molecule has 5 nitrogen and oxygen atoms in total. The van der Waals surface area contributed by atoms with E-state index in [2.05, 4.69) is 9.78 Å². The van der Waals surface area contributed by atoms with Crippen molar-refractivity contribution in [3.05, 3.63) is 71.4 Å². The van der Waals surface area contributed by atoms with E-state index in [0.29, 0.717) is 11.1 Å². The average molecular weight is 422 g/mol. The minimum absolute atomic E-state index is 0.258. The number of fused-ring (bicyclic) bond motifs is 1. The van der Waals surface area contributed by atoms with Crippen LogP contribution in [0.5, 0.6) is 0 Å². The molecule has 1 fully saturated rings. The molecular weight excluding hydrogens is 406 g/mol. The van der Waals surface area contributed by atoms with Gasteiger partial charge in [0.25, 0.3) is 0 Å². The van der Waals surface area contributed by atoms with Crippen molar-refractivity contribution in [2.75, 3.05) is 0 Å². The van der Waals surface area contributed by atoms with Crippen LogP contribution in [0.2, 0.25) is 5.02 Å². The molecule has 7 heteroatoms. The monoisotopic (exact) mass is 421 g/mol. The smallest absolute Gasteiger partial charge is 0.335 e. The predicted molar refractivity (Wildman–Crippen MR) is 114 cm³/mol. The Morgan fingerprint density at radius 1 is 1.10 bits per heavy atom. The molecule has 0 amide bonds. The number of carboxylic acid groups (broad SMARTS) is 1. The molecule has 0 unspecified atom stereocenters. The first-order valence-electron chi connectivity index (χ1n) is 9.24. The van der Waals surface area contributed by atoms with Gasteiger partial charge < -0.3 is 5.11 Å². The van der Waals surface area contributed by atoms with Crippen LogP contribution in [-0.4, -0.2) is 25.8 Å². The molecule has 1 saturated carbocycles. The number of aromatic carboxylic acids is 1. The molecule has 0 radical (unpaired) electrons. The van der Waals surface area contributed by atoms with E-state index in [0.717, 1.165) is 44.9 Å². The summed E-state index contributed by atoms with van der Waals surface area (Å²) in [4.78, 5) is 18.2. The maximum atomic E-state index is 11.2. The first-order chi connectivity index (χ1) is 14.1. The standard InChI is InChI=1S/C22H16ClN3O2S/c23-15-3-7-17(8-4-15)29-20-12-24-26(16-5-6-16)21(20)19-10-1-13-11-14(22(27)28)2-9-18(13)25-19/h1-4,7-12,16H,5-6H2,(H,27,28). The third-order valence-corrected chi connectivity index (χ3v) is 6.15. The van der Waals surface area contributed by atoms with E-state index in [9.17, 15) is 9.90 Å². The summed E-state index contributed by atoms with van der Waals surface area (Å²) in [6.07, 6.45) is 4.14. The number of pyridine rings is 1. The highest BCUT2D eigenvalue weighted by atomic mass is 35.5. The fourth-order valence-corrected chi connectivity index (χ4v) is 4.33. The summed E-state index contributed by atoms with van der Waals surface area (Å²) in [7, 11) is 0. The molecule has 2 aromatic heterocycles. The molecule has 0 spiro atoms. The van der Waals surface area contributed by atoms with Crippen molar-refractivity contribution < 1.29 is 9.90 Å². The van der Waals surface area contributed by atoms with Crippen LogP contribution < -0.4 is 0 Å². The van der Waals surface area contributed by atoms with Crippen LogP contribution >= 0.6 is 23.4 Å². The van der Waals surface area contributed by atoms with Crippen LogP contribution in [0, 0.1) is 0 Å². The van der Waals surface area contributed by atoms with Gasteiger partial charge in [-0.15, -0.1) is 0 Å². The van der Waals surface area contributed by atoms with Crippen LogP contribution in [0.1, 0.15) is 29.2 Å². The molecular formula is C22H16ClN3O2S. The van der Waals surface area contributed by atoms with E-state index in [4.69, 9.17) is 16.6 Å². The number of hydrogen-bond acceptors (Lipinski definition) is 4. The van der Waals surface area contributed by atoms with Crippen molar-refractivity contribution in [2.24, 2.45) is 0 Å². The molecule has 2 aromatic carbocycles. The van der Waals surface area contributed by atoms with Gasteiger partial charge in [-0.05, 0) is 61.4 Å². The van der Waals surface area contributed by atoms with Gasteiger partial charge in [-0.1, -0.05) is 29.4 Å². The average Bonchev–Trinajstić information content (AvgIpc) is 3.49. The number of halogens is 1. The molecule has 0 bridgehead atoms. The lowest BCUT2D eigenvalue weighted by molar-refractivity contribution is 0.0697. The summed E-state index contributed by atoms with van der Waals surface area (Å²) in [6.45, 7) is 0. The molecule has 0 saturated heterocycles. The molecule has 2 heterocycles. The van der Waals surface area contributed by atoms with E-state index in [1.165, 1.54) is 0 Å². The molecule has 144 valence electrons. The molecule has 1 aliphatic carbocycles. The predicted octanol–water partition coefficient (Wildman–Crippen LogP) is 5.94. The number of aromatic nitrogens is 3. The third-order valence-electron chi connectivity index (χ3n) is 4.87. The van der Waals surface area contributed by atoms with E-state index in [-0.39, 0.29) is 5.56 Å². The Bertz CT molecular complexity index is 1230.